The average Bonchev–Trinajstić information content (AvgIpc) is 2.83. The van der Waals surface area contributed by atoms with Crippen LogP contribution >= 0.6 is 0 Å². The lowest BCUT2D eigenvalue weighted by Crippen LogP contribution is -2.55. The van der Waals surface area contributed by atoms with E-state index in [4.69, 9.17) is 5.73 Å². The van der Waals surface area contributed by atoms with Gasteiger partial charge in [-0.1, -0.05) is 44.9 Å². The summed E-state index contributed by atoms with van der Waals surface area (Å²) < 4.78 is 0. The van der Waals surface area contributed by atoms with E-state index in [1.807, 2.05) is 0 Å². The molecule has 0 bridgehead atoms. The van der Waals surface area contributed by atoms with Gasteiger partial charge in [-0.3, -0.25) is 4.79 Å². The highest BCUT2D eigenvalue weighted by atomic mass is 16.2. The highest BCUT2D eigenvalue weighted by Gasteiger charge is 2.34. The molecule has 0 aromatic carbocycles. The number of nitrogens with two attached hydrogens (primary N) is 1. The van der Waals surface area contributed by atoms with E-state index >= 15 is 0 Å². The summed E-state index contributed by atoms with van der Waals surface area (Å²) in [6.45, 7) is 0.822. The molecule has 2 aliphatic carbocycles. The molecule has 1 amide bonds. The smallest absolute Gasteiger partial charge is 0.240 e. The topological polar surface area (TPSA) is 55.1 Å². The molecule has 2 saturated carbocycles. The van der Waals surface area contributed by atoms with E-state index < -0.39 is 5.54 Å². The first-order valence-electron chi connectivity index (χ1n) is 7.28. The minimum Gasteiger partial charge on any atom is -0.354 e. The van der Waals surface area contributed by atoms with Gasteiger partial charge in [-0.15, -0.1) is 0 Å². The standard InChI is InChI=1S/C14H26N2O/c15-14(9-4-1-5-10-14)13(17)16-11-8-12-6-2-3-7-12/h12H,1-11,15H2,(H,16,17). The van der Waals surface area contributed by atoms with E-state index in [0.717, 1.165) is 44.6 Å². The minimum atomic E-state index is -0.562. The van der Waals surface area contributed by atoms with Crippen LogP contribution in [0, 0.1) is 5.92 Å². The monoisotopic (exact) mass is 238 g/mol. The van der Waals surface area contributed by atoms with Crippen LogP contribution in [0.4, 0.5) is 0 Å². The first kappa shape index (κ1) is 12.9. The number of nitrogens with one attached hydrogen (secondary N) is 1. The van der Waals surface area contributed by atoms with Crippen molar-refractivity contribution in [3.05, 3.63) is 0 Å². The zero-order chi connectivity index (χ0) is 12.1. The fourth-order valence-electron chi connectivity index (χ4n) is 3.27. The van der Waals surface area contributed by atoms with Crippen LogP contribution in [0.1, 0.15) is 64.2 Å². The van der Waals surface area contributed by atoms with Crippen molar-refractivity contribution in [3.63, 3.8) is 0 Å². The third-order valence-electron chi connectivity index (χ3n) is 4.51. The Hall–Kier alpha value is -0.570. The maximum absolute atomic E-state index is 12.1. The summed E-state index contributed by atoms with van der Waals surface area (Å²) in [7, 11) is 0. The van der Waals surface area contributed by atoms with E-state index in [-0.39, 0.29) is 5.91 Å². The predicted molar refractivity (Wildman–Crippen MR) is 69.6 cm³/mol. The molecule has 0 spiro atoms. The summed E-state index contributed by atoms with van der Waals surface area (Å²) in [6.07, 6.45) is 11.8. The summed E-state index contributed by atoms with van der Waals surface area (Å²) in [6, 6.07) is 0. The van der Waals surface area contributed by atoms with Gasteiger partial charge in [0.15, 0.2) is 0 Å². The second-order valence-corrected chi connectivity index (χ2v) is 5.91. The summed E-state index contributed by atoms with van der Waals surface area (Å²) >= 11 is 0. The average molecular weight is 238 g/mol. The van der Waals surface area contributed by atoms with Crippen molar-refractivity contribution in [1.82, 2.24) is 5.32 Å². The van der Waals surface area contributed by atoms with Crippen LogP contribution in [0.2, 0.25) is 0 Å². The molecule has 0 radical (unpaired) electrons. The molecule has 0 heterocycles. The van der Waals surface area contributed by atoms with Crippen molar-refractivity contribution < 1.29 is 4.79 Å². The van der Waals surface area contributed by atoms with Crippen molar-refractivity contribution in [3.8, 4) is 0 Å². The van der Waals surface area contributed by atoms with Gasteiger partial charge >= 0.3 is 0 Å². The Labute approximate surface area is 105 Å². The Morgan fingerprint density at radius 1 is 1.12 bits per heavy atom. The maximum atomic E-state index is 12.1. The predicted octanol–water partition coefficient (Wildman–Crippen LogP) is 2.34. The van der Waals surface area contributed by atoms with Gasteiger partial charge < -0.3 is 11.1 Å². The number of carbonyl (C=O) groups excluding carboxylic acids is 1. The van der Waals surface area contributed by atoms with Crippen molar-refractivity contribution in [1.29, 1.82) is 0 Å². The molecule has 0 aromatic rings. The third-order valence-corrected chi connectivity index (χ3v) is 4.51. The number of rotatable bonds is 4. The second kappa shape index (κ2) is 5.85. The van der Waals surface area contributed by atoms with Gasteiger partial charge in [0, 0.05) is 6.54 Å². The van der Waals surface area contributed by atoms with Crippen LogP contribution in [0.25, 0.3) is 0 Å². The molecule has 0 saturated heterocycles. The summed E-state index contributed by atoms with van der Waals surface area (Å²) in [5.41, 5.74) is 5.62. The molecule has 2 fully saturated rings. The van der Waals surface area contributed by atoms with Crippen molar-refractivity contribution in [2.24, 2.45) is 11.7 Å². The fourth-order valence-corrected chi connectivity index (χ4v) is 3.27. The molecule has 3 nitrogen and oxygen atoms in total. The molecule has 17 heavy (non-hydrogen) atoms. The molecular formula is C14H26N2O. The van der Waals surface area contributed by atoms with Gasteiger partial charge in [0.25, 0.3) is 0 Å². The van der Waals surface area contributed by atoms with Crippen LogP contribution < -0.4 is 11.1 Å². The molecule has 2 aliphatic rings. The van der Waals surface area contributed by atoms with Gasteiger partial charge in [-0.2, -0.15) is 0 Å². The molecule has 0 atom stereocenters. The van der Waals surface area contributed by atoms with Crippen LogP contribution in [-0.2, 0) is 4.79 Å². The molecule has 0 unspecified atom stereocenters. The van der Waals surface area contributed by atoms with Crippen LogP contribution in [0.3, 0.4) is 0 Å². The van der Waals surface area contributed by atoms with Crippen LogP contribution in [0.15, 0.2) is 0 Å². The Morgan fingerprint density at radius 2 is 1.76 bits per heavy atom. The van der Waals surface area contributed by atoms with E-state index in [2.05, 4.69) is 5.32 Å². The summed E-state index contributed by atoms with van der Waals surface area (Å²) in [5, 5.41) is 3.06. The van der Waals surface area contributed by atoms with Crippen LogP contribution in [-0.4, -0.2) is 18.0 Å². The van der Waals surface area contributed by atoms with E-state index in [0.29, 0.717) is 0 Å². The molecule has 3 N–H and O–H groups in total. The SMILES string of the molecule is NC1(C(=O)NCCC2CCCC2)CCCCC1. The highest BCUT2D eigenvalue weighted by Crippen LogP contribution is 2.28. The van der Waals surface area contributed by atoms with E-state index in [9.17, 15) is 4.79 Å². The lowest BCUT2D eigenvalue weighted by atomic mass is 9.82. The molecule has 3 heteroatoms. The van der Waals surface area contributed by atoms with Crippen LogP contribution in [0.5, 0.6) is 0 Å². The van der Waals surface area contributed by atoms with Gasteiger partial charge in [0.1, 0.15) is 0 Å². The zero-order valence-corrected chi connectivity index (χ0v) is 10.8. The number of carbonyl (C=O) groups is 1. The Kier molecular flexibility index (Phi) is 4.43. The van der Waals surface area contributed by atoms with Gasteiger partial charge in [-0.05, 0) is 25.2 Å². The number of hydrogen-bond acceptors (Lipinski definition) is 2. The van der Waals surface area contributed by atoms with Crippen molar-refractivity contribution >= 4 is 5.91 Å². The first-order valence-corrected chi connectivity index (χ1v) is 7.28. The lowest BCUT2D eigenvalue weighted by Gasteiger charge is -2.31. The Morgan fingerprint density at radius 3 is 2.41 bits per heavy atom. The molecule has 0 aliphatic heterocycles. The first-order chi connectivity index (χ1) is 8.21. The van der Waals surface area contributed by atoms with Gasteiger partial charge in [-0.25, -0.2) is 0 Å². The summed E-state index contributed by atoms with van der Waals surface area (Å²) in [5.74, 6) is 0.936. The number of amides is 1. The van der Waals surface area contributed by atoms with Gasteiger partial charge in [0.05, 0.1) is 5.54 Å². The van der Waals surface area contributed by atoms with E-state index in [1.165, 1.54) is 32.1 Å². The summed E-state index contributed by atoms with van der Waals surface area (Å²) in [4.78, 5) is 12.1. The molecular weight excluding hydrogens is 212 g/mol. The lowest BCUT2D eigenvalue weighted by molar-refractivity contribution is -0.127. The molecule has 0 aromatic heterocycles. The molecule has 2 rings (SSSR count). The Balaban J connectivity index is 1.68. The molecule has 98 valence electrons. The third kappa shape index (κ3) is 3.44. The Bertz CT molecular complexity index is 253. The largest absolute Gasteiger partial charge is 0.354 e. The quantitative estimate of drug-likeness (QED) is 0.790. The van der Waals surface area contributed by atoms with Crippen molar-refractivity contribution in [2.45, 2.75) is 69.7 Å². The normalized spacial score (nSPS) is 24.8. The maximum Gasteiger partial charge on any atom is 0.240 e. The highest BCUT2D eigenvalue weighted by molar-refractivity contribution is 5.86. The number of hydrogen-bond donors (Lipinski definition) is 2. The fraction of sp³-hybridized carbons (Fsp3) is 0.929. The van der Waals surface area contributed by atoms with Crippen molar-refractivity contribution in [2.75, 3.05) is 6.54 Å². The zero-order valence-electron chi connectivity index (χ0n) is 10.8. The minimum absolute atomic E-state index is 0.0928. The van der Waals surface area contributed by atoms with Gasteiger partial charge in [0.2, 0.25) is 5.91 Å². The second-order valence-electron chi connectivity index (χ2n) is 5.91. The van der Waals surface area contributed by atoms with E-state index in [1.54, 1.807) is 0 Å².